The molecule has 10 heteroatoms. The number of para-hydroxylation sites is 2. The number of hydrogen-bond donors (Lipinski definition) is 2. The smallest absolute Gasteiger partial charge is 0.269 e. The quantitative estimate of drug-likeness (QED) is 0.422. The van der Waals surface area contributed by atoms with E-state index in [-0.39, 0.29) is 17.3 Å². The van der Waals surface area contributed by atoms with Crippen LogP contribution < -0.4 is 10.0 Å². The molecule has 0 bridgehead atoms. The van der Waals surface area contributed by atoms with Crippen LogP contribution in [-0.4, -0.2) is 30.8 Å². The average Bonchev–Trinajstić information content (AvgIpc) is 2.55. The predicted octanol–water partition coefficient (Wildman–Crippen LogP) is 3.09. The molecule has 2 aromatic carbocycles. The van der Waals surface area contributed by atoms with E-state index in [1.54, 1.807) is 43.3 Å². The lowest BCUT2D eigenvalue weighted by Crippen LogP contribution is -2.23. The molecule has 1 atom stereocenters. The number of nitro benzene ring substituents is 1. The number of anilines is 2. The second kappa shape index (κ2) is 8.19. The zero-order valence-electron chi connectivity index (χ0n) is 14.0. The fourth-order valence-electron chi connectivity index (χ4n) is 2.02. The molecule has 0 aliphatic carbocycles. The molecule has 1 unspecified atom stereocenters. The number of nitrogens with one attached hydrogen (secondary N) is 2. The number of carbonyl (C=O) groups is 1. The number of non-ortho nitro benzene ring substituents is 1. The number of rotatable bonds is 7. The van der Waals surface area contributed by atoms with Crippen LogP contribution in [0.25, 0.3) is 0 Å². The van der Waals surface area contributed by atoms with Crippen molar-refractivity contribution in [1.82, 2.24) is 0 Å². The van der Waals surface area contributed by atoms with E-state index in [4.69, 9.17) is 0 Å². The second-order valence-corrected chi connectivity index (χ2v) is 8.58. The van der Waals surface area contributed by atoms with Crippen LogP contribution in [0.3, 0.4) is 0 Å². The van der Waals surface area contributed by atoms with Gasteiger partial charge in [0.05, 0.1) is 27.8 Å². The van der Waals surface area contributed by atoms with E-state index < -0.39 is 20.2 Å². The maximum Gasteiger partial charge on any atom is 0.269 e. The molecule has 2 rings (SSSR count). The van der Waals surface area contributed by atoms with Gasteiger partial charge in [0.15, 0.2) is 0 Å². The molecule has 2 N–H and O–H groups in total. The molecule has 0 aromatic heterocycles. The average molecular weight is 395 g/mol. The van der Waals surface area contributed by atoms with Gasteiger partial charge in [-0.3, -0.25) is 19.6 Å². The van der Waals surface area contributed by atoms with Gasteiger partial charge in [0.1, 0.15) is 0 Å². The Hall–Kier alpha value is -2.59. The number of benzene rings is 2. The standard InChI is InChI=1S/C16H17N3O5S2/c1-11(25-13-9-7-12(8-10-13)19(21)22)16(20)17-14-5-3-4-6-15(14)18-26(2,23)24/h3-11,18H,1-2H3,(H,17,20). The van der Waals surface area contributed by atoms with E-state index in [9.17, 15) is 23.3 Å². The Morgan fingerprint density at radius 3 is 2.23 bits per heavy atom. The summed E-state index contributed by atoms with van der Waals surface area (Å²) in [6.07, 6.45) is 1.03. The molecule has 0 saturated carbocycles. The summed E-state index contributed by atoms with van der Waals surface area (Å²) in [5.41, 5.74) is 0.599. The minimum atomic E-state index is -3.48. The normalized spacial score (nSPS) is 12.2. The lowest BCUT2D eigenvalue weighted by molar-refractivity contribution is -0.384. The maximum absolute atomic E-state index is 12.4. The van der Waals surface area contributed by atoms with Crippen molar-refractivity contribution >= 4 is 44.8 Å². The zero-order valence-corrected chi connectivity index (χ0v) is 15.6. The fraction of sp³-hybridized carbons (Fsp3) is 0.188. The molecule has 0 radical (unpaired) electrons. The molecule has 0 aliphatic rings. The first-order valence-corrected chi connectivity index (χ1v) is 10.2. The van der Waals surface area contributed by atoms with Crippen molar-refractivity contribution in [3.63, 3.8) is 0 Å². The molecular weight excluding hydrogens is 378 g/mol. The van der Waals surface area contributed by atoms with E-state index in [0.717, 1.165) is 6.26 Å². The number of thioether (sulfide) groups is 1. The van der Waals surface area contributed by atoms with E-state index in [1.165, 1.54) is 23.9 Å². The van der Waals surface area contributed by atoms with Gasteiger partial charge >= 0.3 is 0 Å². The van der Waals surface area contributed by atoms with Crippen LogP contribution in [0, 0.1) is 10.1 Å². The van der Waals surface area contributed by atoms with Gasteiger partial charge < -0.3 is 5.32 Å². The van der Waals surface area contributed by atoms with Crippen LogP contribution in [-0.2, 0) is 14.8 Å². The summed E-state index contributed by atoms with van der Waals surface area (Å²) in [6, 6.07) is 12.4. The maximum atomic E-state index is 12.4. The van der Waals surface area contributed by atoms with Gasteiger partial charge in [0.2, 0.25) is 15.9 Å². The number of carbonyl (C=O) groups excluding carboxylic acids is 1. The minimum Gasteiger partial charge on any atom is -0.323 e. The van der Waals surface area contributed by atoms with E-state index in [0.29, 0.717) is 10.6 Å². The number of hydrogen-bond acceptors (Lipinski definition) is 6. The van der Waals surface area contributed by atoms with Gasteiger partial charge in [0, 0.05) is 17.0 Å². The number of amides is 1. The Kier molecular flexibility index (Phi) is 6.22. The third-order valence-corrected chi connectivity index (χ3v) is 4.91. The summed E-state index contributed by atoms with van der Waals surface area (Å²) in [5.74, 6) is -0.323. The molecule has 0 aliphatic heterocycles. The summed E-state index contributed by atoms with van der Waals surface area (Å²) in [4.78, 5) is 23.3. The largest absolute Gasteiger partial charge is 0.323 e. The van der Waals surface area contributed by atoms with Gasteiger partial charge in [-0.1, -0.05) is 12.1 Å². The third-order valence-electron chi connectivity index (χ3n) is 3.21. The van der Waals surface area contributed by atoms with Crippen molar-refractivity contribution in [2.24, 2.45) is 0 Å². The van der Waals surface area contributed by atoms with Crippen LogP contribution in [0.15, 0.2) is 53.4 Å². The van der Waals surface area contributed by atoms with E-state index in [1.807, 2.05) is 0 Å². The Balaban J connectivity index is 2.06. The zero-order chi connectivity index (χ0) is 19.3. The highest BCUT2D eigenvalue weighted by molar-refractivity contribution is 8.00. The molecular formula is C16H17N3O5S2. The lowest BCUT2D eigenvalue weighted by Gasteiger charge is -2.15. The van der Waals surface area contributed by atoms with Crippen LogP contribution in [0.2, 0.25) is 0 Å². The summed E-state index contributed by atoms with van der Waals surface area (Å²) >= 11 is 1.24. The first-order valence-electron chi connectivity index (χ1n) is 7.44. The Labute approximate surface area is 155 Å². The summed E-state index contributed by atoms with van der Waals surface area (Å²) in [5, 5.41) is 12.9. The van der Waals surface area contributed by atoms with Gasteiger partial charge in [-0.15, -0.1) is 11.8 Å². The van der Waals surface area contributed by atoms with E-state index >= 15 is 0 Å². The predicted molar refractivity (Wildman–Crippen MR) is 102 cm³/mol. The Morgan fingerprint density at radius 1 is 1.12 bits per heavy atom. The highest BCUT2D eigenvalue weighted by Gasteiger charge is 2.17. The molecule has 1 amide bonds. The summed E-state index contributed by atoms with van der Waals surface area (Å²) in [7, 11) is -3.48. The first kappa shape index (κ1) is 19.7. The molecule has 2 aromatic rings. The molecule has 0 fully saturated rings. The highest BCUT2D eigenvalue weighted by Crippen LogP contribution is 2.27. The molecule has 26 heavy (non-hydrogen) atoms. The molecule has 8 nitrogen and oxygen atoms in total. The Bertz CT molecular complexity index is 914. The summed E-state index contributed by atoms with van der Waals surface area (Å²) < 4.78 is 25.2. The van der Waals surface area contributed by atoms with E-state index in [2.05, 4.69) is 10.0 Å². The first-order chi connectivity index (χ1) is 12.2. The molecule has 0 heterocycles. The minimum absolute atomic E-state index is 0.0211. The monoisotopic (exact) mass is 395 g/mol. The van der Waals surface area contributed by atoms with Crippen molar-refractivity contribution in [2.75, 3.05) is 16.3 Å². The highest BCUT2D eigenvalue weighted by atomic mass is 32.2. The van der Waals surface area contributed by atoms with Crippen molar-refractivity contribution in [3.8, 4) is 0 Å². The van der Waals surface area contributed by atoms with Crippen molar-refractivity contribution in [1.29, 1.82) is 0 Å². The molecule has 0 spiro atoms. The van der Waals surface area contributed by atoms with Crippen LogP contribution in [0.1, 0.15) is 6.92 Å². The Morgan fingerprint density at radius 2 is 1.69 bits per heavy atom. The van der Waals surface area contributed by atoms with Gasteiger partial charge in [0.25, 0.3) is 5.69 Å². The number of nitrogens with zero attached hydrogens (tertiary/aromatic N) is 1. The van der Waals surface area contributed by atoms with Crippen LogP contribution >= 0.6 is 11.8 Å². The molecule has 138 valence electrons. The third kappa shape index (κ3) is 5.74. The summed E-state index contributed by atoms with van der Waals surface area (Å²) in [6.45, 7) is 1.69. The topological polar surface area (TPSA) is 118 Å². The van der Waals surface area contributed by atoms with Crippen LogP contribution in [0.4, 0.5) is 17.1 Å². The van der Waals surface area contributed by atoms with Crippen molar-refractivity contribution < 1.29 is 18.1 Å². The van der Waals surface area contributed by atoms with Gasteiger partial charge in [-0.05, 0) is 31.2 Å². The number of nitro groups is 1. The molecule has 0 saturated heterocycles. The SMILES string of the molecule is CC(Sc1ccc([N+](=O)[O-])cc1)C(=O)Nc1ccccc1NS(C)(=O)=O. The van der Waals surface area contributed by atoms with Crippen molar-refractivity contribution in [2.45, 2.75) is 17.1 Å². The van der Waals surface area contributed by atoms with Crippen LogP contribution in [0.5, 0.6) is 0 Å². The second-order valence-electron chi connectivity index (χ2n) is 5.42. The van der Waals surface area contributed by atoms with Crippen molar-refractivity contribution in [3.05, 3.63) is 58.6 Å². The lowest BCUT2D eigenvalue weighted by atomic mass is 10.2. The van der Waals surface area contributed by atoms with Gasteiger partial charge in [-0.2, -0.15) is 0 Å². The number of sulfonamides is 1. The fourth-order valence-corrected chi connectivity index (χ4v) is 3.46. The van der Waals surface area contributed by atoms with Gasteiger partial charge in [-0.25, -0.2) is 8.42 Å².